The summed E-state index contributed by atoms with van der Waals surface area (Å²) in [6, 6.07) is -1.62. The van der Waals surface area contributed by atoms with Crippen molar-refractivity contribution in [2.24, 2.45) is 0 Å². The Labute approximate surface area is 143 Å². The van der Waals surface area contributed by atoms with Gasteiger partial charge in [-0.1, -0.05) is 0 Å². The van der Waals surface area contributed by atoms with Gasteiger partial charge in [-0.15, -0.1) is 0 Å². The maximum absolute atomic E-state index is 10.4. The van der Waals surface area contributed by atoms with E-state index in [9.17, 15) is 40.9 Å². The summed E-state index contributed by atoms with van der Waals surface area (Å²) in [6.07, 6.45) is -12.0. The number of ether oxygens (including phenoxy) is 2. The van der Waals surface area contributed by atoms with E-state index in [1.165, 1.54) is 4.90 Å². The highest BCUT2D eigenvalue weighted by Gasteiger charge is 2.58. The summed E-state index contributed by atoms with van der Waals surface area (Å²) < 4.78 is 10.8. The molecule has 3 heterocycles. The fraction of sp³-hybridized carbons (Fsp3) is 1.00. The summed E-state index contributed by atoms with van der Waals surface area (Å²) in [4.78, 5) is 1.52. The number of aliphatic hydroxyl groups excluding tert-OH is 8. The van der Waals surface area contributed by atoms with Crippen molar-refractivity contribution in [3.63, 3.8) is 0 Å². The van der Waals surface area contributed by atoms with Gasteiger partial charge in [-0.25, -0.2) is 0 Å². The van der Waals surface area contributed by atoms with Crippen molar-refractivity contribution in [3.8, 4) is 0 Å². The largest absolute Gasteiger partial charge is 0.395 e. The number of nitrogens with zero attached hydrogens (tertiary/aromatic N) is 1. The average Bonchev–Trinajstić information content (AvgIpc) is 3.03. The molecule has 11 nitrogen and oxygen atoms in total. The lowest BCUT2D eigenvalue weighted by Crippen LogP contribution is -2.60. The normalized spacial score (nSPS) is 54.0. The van der Waals surface area contributed by atoms with Crippen LogP contribution in [0.3, 0.4) is 0 Å². The smallest absolute Gasteiger partial charge is 0.187 e. The van der Waals surface area contributed by atoms with E-state index in [4.69, 9.17) is 9.47 Å². The monoisotopic (exact) mass is 367 g/mol. The Hall–Kier alpha value is -0.440. The van der Waals surface area contributed by atoms with Crippen LogP contribution in [0.4, 0.5) is 0 Å². The molecule has 25 heavy (non-hydrogen) atoms. The maximum Gasteiger partial charge on any atom is 0.187 e. The van der Waals surface area contributed by atoms with Crippen LogP contribution in [0.15, 0.2) is 0 Å². The van der Waals surface area contributed by atoms with Crippen LogP contribution in [0.1, 0.15) is 0 Å². The summed E-state index contributed by atoms with van der Waals surface area (Å²) in [7, 11) is 0. The third-order valence-corrected chi connectivity index (χ3v) is 5.37. The Morgan fingerprint density at radius 3 is 2.08 bits per heavy atom. The van der Waals surface area contributed by atoms with E-state index in [1.807, 2.05) is 0 Å². The molecule has 0 amide bonds. The van der Waals surface area contributed by atoms with E-state index in [2.05, 4.69) is 0 Å². The molecule has 3 fully saturated rings. The first-order valence-corrected chi connectivity index (χ1v) is 8.18. The fourth-order valence-corrected chi connectivity index (χ4v) is 3.92. The minimum Gasteiger partial charge on any atom is -0.395 e. The van der Waals surface area contributed by atoms with Crippen LogP contribution < -0.4 is 0 Å². The van der Waals surface area contributed by atoms with Crippen molar-refractivity contribution in [2.75, 3.05) is 19.8 Å². The predicted octanol–water partition coefficient (Wildman–Crippen LogP) is -5.69. The number of rotatable bonds is 4. The van der Waals surface area contributed by atoms with Crippen molar-refractivity contribution in [1.82, 2.24) is 4.90 Å². The van der Waals surface area contributed by atoms with Gasteiger partial charge < -0.3 is 50.3 Å². The molecule has 0 aliphatic carbocycles. The average molecular weight is 367 g/mol. The lowest BCUT2D eigenvalue weighted by Gasteiger charge is -2.40. The summed E-state index contributed by atoms with van der Waals surface area (Å²) in [5.74, 6) is 0. The van der Waals surface area contributed by atoms with Gasteiger partial charge in [0.15, 0.2) is 6.29 Å². The van der Waals surface area contributed by atoms with Gasteiger partial charge in [-0.05, 0) is 0 Å². The standard InChI is InChI=1S/C14H25NO10/c16-2-4-8(18)11(21)7-9(19)5(1-15(4)7)24-14-13(23)12(22)10(20)6(3-17)25-14/h4-14,16-23H,1-3H2/t4-,5-,6?,7+,8+,9-,10+,11+,12-,13?,14+/m0/s1. The molecule has 0 aromatic carbocycles. The molecule has 0 aromatic heterocycles. The zero-order valence-electron chi connectivity index (χ0n) is 13.3. The maximum atomic E-state index is 10.4. The molecule has 3 rings (SSSR count). The minimum absolute atomic E-state index is 0.0419. The van der Waals surface area contributed by atoms with E-state index >= 15 is 0 Å². The van der Waals surface area contributed by atoms with Crippen molar-refractivity contribution < 1.29 is 50.3 Å². The first kappa shape index (κ1) is 19.3. The van der Waals surface area contributed by atoms with Gasteiger partial charge in [0.25, 0.3) is 0 Å². The molecule has 0 saturated carbocycles. The number of aliphatic hydroxyl groups is 8. The molecular formula is C14H25NO10. The second-order valence-electron chi connectivity index (χ2n) is 6.78. The van der Waals surface area contributed by atoms with E-state index < -0.39 is 80.4 Å². The zero-order valence-corrected chi connectivity index (χ0v) is 13.3. The van der Waals surface area contributed by atoms with E-state index in [-0.39, 0.29) is 6.54 Å². The van der Waals surface area contributed by atoms with Gasteiger partial charge in [0.1, 0.15) is 30.5 Å². The highest BCUT2D eigenvalue weighted by Crippen LogP contribution is 2.36. The SMILES string of the molecule is OCC1O[C@@H](O[C@H]2CN3[C@H]([C@H]2O)[C@@H](O)[C@H](O)[C@@H]3CO)C(O)[C@@H](O)[C@@H]1O. The first-order valence-electron chi connectivity index (χ1n) is 8.18. The van der Waals surface area contributed by atoms with Gasteiger partial charge in [0, 0.05) is 6.54 Å². The molecule has 2 unspecified atom stereocenters. The van der Waals surface area contributed by atoms with Gasteiger partial charge in [0.2, 0.25) is 0 Å². The van der Waals surface area contributed by atoms with Crippen LogP contribution in [0.25, 0.3) is 0 Å². The Balaban J connectivity index is 1.70. The Morgan fingerprint density at radius 1 is 0.800 bits per heavy atom. The van der Waals surface area contributed by atoms with E-state index in [1.54, 1.807) is 0 Å². The number of fused-ring (bicyclic) bond motifs is 1. The third-order valence-electron chi connectivity index (χ3n) is 5.37. The molecule has 11 heteroatoms. The van der Waals surface area contributed by atoms with Crippen LogP contribution in [0.2, 0.25) is 0 Å². The van der Waals surface area contributed by atoms with Crippen LogP contribution in [-0.2, 0) is 9.47 Å². The minimum atomic E-state index is -1.61. The lowest BCUT2D eigenvalue weighted by atomic mass is 9.99. The van der Waals surface area contributed by atoms with Gasteiger partial charge in [-0.3, -0.25) is 4.90 Å². The van der Waals surface area contributed by atoms with Crippen LogP contribution >= 0.6 is 0 Å². The molecular weight excluding hydrogens is 342 g/mol. The second kappa shape index (κ2) is 7.29. The van der Waals surface area contributed by atoms with Gasteiger partial charge in [0.05, 0.1) is 43.6 Å². The topological polar surface area (TPSA) is 184 Å². The Morgan fingerprint density at radius 2 is 1.48 bits per heavy atom. The summed E-state index contributed by atoms with van der Waals surface area (Å²) in [6.45, 7) is -0.987. The molecule has 3 saturated heterocycles. The van der Waals surface area contributed by atoms with Crippen LogP contribution in [-0.4, -0.2) is 133 Å². The quantitative estimate of drug-likeness (QED) is 0.237. The van der Waals surface area contributed by atoms with E-state index in [0.717, 1.165) is 0 Å². The van der Waals surface area contributed by atoms with Gasteiger partial charge >= 0.3 is 0 Å². The molecule has 0 bridgehead atoms. The summed E-state index contributed by atoms with van der Waals surface area (Å²) in [5, 5.41) is 78.5. The van der Waals surface area contributed by atoms with E-state index in [0.29, 0.717) is 0 Å². The lowest BCUT2D eigenvalue weighted by molar-refractivity contribution is -0.314. The zero-order chi connectivity index (χ0) is 18.5. The van der Waals surface area contributed by atoms with Gasteiger partial charge in [-0.2, -0.15) is 0 Å². The molecule has 8 N–H and O–H groups in total. The third kappa shape index (κ3) is 3.09. The van der Waals surface area contributed by atoms with Crippen molar-refractivity contribution in [1.29, 1.82) is 0 Å². The van der Waals surface area contributed by atoms with Crippen LogP contribution in [0, 0.1) is 0 Å². The number of hydrogen-bond acceptors (Lipinski definition) is 11. The summed E-state index contributed by atoms with van der Waals surface area (Å²) in [5.41, 5.74) is 0. The molecule has 0 aromatic rings. The van der Waals surface area contributed by atoms with Crippen molar-refractivity contribution in [2.45, 2.75) is 67.2 Å². The highest BCUT2D eigenvalue weighted by atomic mass is 16.7. The van der Waals surface area contributed by atoms with Crippen molar-refractivity contribution >= 4 is 0 Å². The predicted molar refractivity (Wildman–Crippen MR) is 78.0 cm³/mol. The first-order chi connectivity index (χ1) is 11.8. The summed E-state index contributed by atoms with van der Waals surface area (Å²) >= 11 is 0. The van der Waals surface area contributed by atoms with Crippen LogP contribution in [0.5, 0.6) is 0 Å². The molecule has 146 valence electrons. The fourth-order valence-electron chi connectivity index (χ4n) is 3.92. The molecule has 0 spiro atoms. The Kier molecular flexibility index (Phi) is 5.63. The molecule has 0 radical (unpaired) electrons. The second-order valence-corrected chi connectivity index (χ2v) is 6.78. The van der Waals surface area contributed by atoms with Crippen molar-refractivity contribution in [3.05, 3.63) is 0 Å². The number of hydrogen-bond donors (Lipinski definition) is 8. The molecule has 3 aliphatic rings. The molecule has 11 atom stereocenters. The highest BCUT2D eigenvalue weighted by molar-refractivity contribution is 5.10. The molecule has 3 aliphatic heterocycles. The Bertz CT molecular complexity index is 467.